The molecule has 1 aromatic heterocycles. The fraction of sp³-hybridized carbons (Fsp3) is 0.529. The van der Waals surface area contributed by atoms with Gasteiger partial charge in [0.25, 0.3) is 0 Å². The van der Waals surface area contributed by atoms with Crippen LogP contribution in [0.15, 0.2) is 18.3 Å². The summed E-state index contributed by atoms with van der Waals surface area (Å²) in [7, 11) is 0. The predicted octanol–water partition coefficient (Wildman–Crippen LogP) is 0.701. The number of imide groups is 1. The van der Waals surface area contributed by atoms with Crippen LogP contribution in [0.4, 0.5) is 10.6 Å². The van der Waals surface area contributed by atoms with Crippen molar-refractivity contribution < 1.29 is 9.59 Å². The lowest BCUT2D eigenvalue weighted by Crippen LogP contribution is -2.51. The Bertz CT molecular complexity index is 634. The molecule has 8 heteroatoms. The van der Waals surface area contributed by atoms with Gasteiger partial charge in [0.2, 0.25) is 5.91 Å². The number of anilines is 1. The number of amides is 3. The van der Waals surface area contributed by atoms with Crippen LogP contribution in [-0.2, 0) is 4.79 Å². The highest BCUT2D eigenvalue weighted by Crippen LogP contribution is 2.17. The molecule has 1 aliphatic rings. The third-order valence-corrected chi connectivity index (χ3v) is 4.02. The third-order valence-electron chi connectivity index (χ3n) is 4.02. The first-order chi connectivity index (χ1) is 12.1. The zero-order chi connectivity index (χ0) is 18.1. The van der Waals surface area contributed by atoms with Gasteiger partial charge in [-0.05, 0) is 18.6 Å². The van der Waals surface area contributed by atoms with Gasteiger partial charge in [-0.25, -0.2) is 9.78 Å². The fourth-order valence-electron chi connectivity index (χ4n) is 2.65. The summed E-state index contributed by atoms with van der Waals surface area (Å²) in [5, 5.41) is 14.2. The molecular weight excluding hydrogens is 320 g/mol. The second kappa shape index (κ2) is 9.59. The van der Waals surface area contributed by atoms with Gasteiger partial charge < -0.3 is 10.2 Å². The van der Waals surface area contributed by atoms with Crippen molar-refractivity contribution in [2.24, 2.45) is 0 Å². The molecule has 2 N–H and O–H groups in total. The summed E-state index contributed by atoms with van der Waals surface area (Å²) < 4.78 is 0. The average molecular weight is 344 g/mol. The molecule has 0 aromatic carbocycles. The maximum Gasteiger partial charge on any atom is 0.321 e. The van der Waals surface area contributed by atoms with E-state index in [0.29, 0.717) is 44.1 Å². The topological polar surface area (TPSA) is 101 Å². The Morgan fingerprint density at radius 2 is 2.08 bits per heavy atom. The van der Waals surface area contributed by atoms with Crippen LogP contribution in [0.1, 0.15) is 25.3 Å². The van der Waals surface area contributed by atoms with Crippen LogP contribution >= 0.6 is 0 Å². The van der Waals surface area contributed by atoms with Crippen LogP contribution in [-0.4, -0.2) is 61.1 Å². The number of hydrogen-bond donors (Lipinski definition) is 2. The van der Waals surface area contributed by atoms with Crippen molar-refractivity contribution in [1.82, 2.24) is 20.5 Å². The van der Waals surface area contributed by atoms with Gasteiger partial charge in [-0.2, -0.15) is 5.26 Å². The van der Waals surface area contributed by atoms with Gasteiger partial charge in [-0.15, -0.1) is 0 Å². The summed E-state index contributed by atoms with van der Waals surface area (Å²) in [6, 6.07) is 5.21. The number of urea groups is 1. The highest BCUT2D eigenvalue weighted by molar-refractivity contribution is 5.95. The van der Waals surface area contributed by atoms with Gasteiger partial charge >= 0.3 is 6.03 Å². The van der Waals surface area contributed by atoms with Gasteiger partial charge in [0.05, 0.1) is 12.1 Å². The lowest BCUT2D eigenvalue weighted by atomic mass is 10.2. The van der Waals surface area contributed by atoms with Crippen LogP contribution in [0.2, 0.25) is 0 Å². The first-order valence-electron chi connectivity index (χ1n) is 8.54. The molecule has 0 spiro atoms. The van der Waals surface area contributed by atoms with E-state index >= 15 is 0 Å². The maximum atomic E-state index is 11.9. The molecule has 0 saturated carbocycles. The Hall–Kier alpha value is -2.66. The van der Waals surface area contributed by atoms with Crippen molar-refractivity contribution in [1.29, 1.82) is 5.26 Å². The van der Waals surface area contributed by atoms with E-state index in [1.807, 2.05) is 16.7 Å². The molecule has 0 bridgehead atoms. The molecule has 1 aromatic rings. The van der Waals surface area contributed by atoms with Crippen LogP contribution in [0.5, 0.6) is 0 Å². The number of nitriles is 1. The van der Waals surface area contributed by atoms with Crippen molar-refractivity contribution in [3.8, 4) is 6.07 Å². The highest BCUT2D eigenvalue weighted by atomic mass is 16.2. The van der Waals surface area contributed by atoms with Crippen LogP contribution in [0, 0.1) is 11.3 Å². The second-order valence-electron chi connectivity index (χ2n) is 5.91. The predicted molar refractivity (Wildman–Crippen MR) is 94.1 cm³/mol. The number of aromatic nitrogens is 1. The Morgan fingerprint density at radius 3 is 2.76 bits per heavy atom. The van der Waals surface area contributed by atoms with Crippen molar-refractivity contribution in [2.45, 2.75) is 19.8 Å². The van der Waals surface area contributed by atoms with E-state index in [2.05, 4.69) is 21.7 Å². The van der Waals surface area contributed by atoms with E-state index in [0.717, 1.165) is 12.8 Å². The number of carbonyl (C=O) groups is 2. The smallest absolute Gasteiger partial charge is 0.321 e. The first kappa shape index (κ1) is 18.7. The average Bonchev–Trinajstić information content (AvgIpc) is 2.62. The zero-order valence-electron chi connectivity index (χ0n) is 14.5. The number of nitrogens with zero attached hydrogens (tertiary/aromatic N) is 4. The molecule has 25 heavy (non-hydrogen) atoms. The molecule has 0 aliphatic carbocycles. The minimum absolute atomic E-state index is 0.183. The van der Waals surface area contributed by atoms with E-state index in [-0.39, 0.29) is 12.5 Å². The Morgan fingerprint density at radius 1 is 1.32 bits per heavy atom. The molecule has 0 atom stereocenters. The molecule has 134 valence electrons. The quantitative estimate of drug-likeness (QED) is 0.737. The van der Waals surface area contributed by atoms with E-state index in [9.17, 15) is 9.59 Å². The fourth-order valence-corrected chi connectivity index (χ4v) is 2.65. The lowest BCUT2D eigenvalue weighted by molar-refractivity contribution is -0.121. The van der Waals surface area contributed by atoms with Gasteiger partial charge in [-0.3, -0.25) is 15.0 Å². The van der Waals surface area contributed by atoms with E-state index < -0.39 is 6.03 Å². The van der Waals surface area contributed by atoms with Crippen molar-refractivity contribution in [2.75, 3.05) is 44.2 Å². The Kier molecular flexibility index (Phi) is 7.16. The Labute approximate surface area is 147 Å². The van der Waals surface area contributed by atoms with Gasteiger partial charge in [0.1, 0.15) is 11.9 Å². The molecule has 3 amide bonds. The first-order valence-corrected chi connectivity index (χ1v) is 8.54. The van der Waals surface area contributed by atoms with Gasteiger partial charge in [0.15, 0.2) is 0 Å². The summed E-state index contributed by atoms with van der Waals surface area (Å²) in [5.41, 5.74) is 0.553. The van der Waals surface area contributed by atoms with Crippen molar-refractivity contribution >= 4 is 17.8 Å². The number of nitrogens with one attached hydrogen (secondary N) is 2. The molecule has 0 unspecified atom stereocenters. The van der Waals surface area contributed by atoms with Crippen LogP contribution in [0.25, 0.3) is 0 Å². The van der Waals surface area contributed by atoms with E-state index in [1.54, 1.807) is 18.3 Å². The lowest BCUT2D eigenvalue weighted by Gasteiger charge is -2.35. The molecular formula is C17H24N6O2. The minimum Gasteiger partial charge on any atom is -0.353 e. The summed E-state index contributed by atoms with van der Waals surface area (Å²) in [5.74, 6) is 0.377. The van der Waals surface area contributed by atoms with Crippen LogP contribution < -0.4 is 15.5 Å². The molecule has 1 aliphatic heterocycles. The van der Waals surface area contributed by atoms with E-state index in [1.165, 1.54) is 0 Å². The maximum absolute atomic E-state index is 11.9. The van der Waals surface area contributed by atoms with Crippen molar-refractivity contribution in [3.05, 3.63) is 23.9 Å². The number of carbonyl (C=O) groups excluding carboxylic acids is 2. The molecule has 2 rings (SSSR count). The third kappa shape index (κ3) is 5.72. The van der Waals surface area contributed by atoms with Crippen LogP contribution in [0.3, 0.4) is 0 Å². The van der Waals surface area contributed by atoms with Gasteiger partial charge in [0, 0.05) is 38.9 Å². The molecule has 8 nitrogen and oxygen atoms in total. The summed E-state index contributed by atoms with van der Waals surface area (Å²) in [6.07, 6.45) is 3.55. The number of rotatable bonds is 6. The van der Waals surface area contributed by atoms with E-state index in [4.69, 9.17) is 5.26 Å². The monoisotopic (exact) mass is 344 g/mol. The van der Waals surface area contributed by atoms with Crippen molar-refractivity contribution in [3.63, 3.8) is 0 Å². The number of piperazine rings is 1. The highest BCUT2D eigenvalue weighted by Gasteiger charge is 2.22. The molecule has 1 saturated heterocycles. The minimum atomic E-state index is -0.441. The summed E-state index contributed by atoms with van der Waals surface area (Å²) in [6.45, 7) is 5.50. The van der Waals surface area contributed by atoms with Gasteiger partial charge in [-0.1, -0.05) is 13.3 Å². The molecule has 2 heterocycles. The summed E-state index contributed by atoms with van der Waals surface area (Å²) in [4.78, 5) is 31.8. The molecule has 1 fully saturated rings. The normalized spacial score (nSPS) is 14.6. The molecule has 0 radical (unpaired) electrons. The number of unbranched alkanes of at least 4 members (excludes halogenated alkanes) is 1. The standard InChI is InChI=1S/C17H24N6O2/c1-2-3-6-20-17(25)21-15(24)13-22-8-10-23(11-9-22)16-14(12-18)5-4-7-19-16/h4-5,7H,2-3,6,8-11,13H2,1H3,(H2,20,21,24,25). The largest absolute Gasteiger partial charge is 0.353 e. The second-order valence-corrected chi connectivity index (χ2v) is 5.91. The SMILES string of the molecule is CCCCNC(=O)NC(=O)CN1CCN(c2ncccc2C#N)CC1. The Balaban J connectivity index is 1.76. The zero-order valence-corrected chi connectivity index (χ0v) is 14.5. The summed E-state index contributed by atoms with van der Waals surface area (Å²) >= 11 is 0. The number of hydrogen-bond acceptors (Lipinski definition) is 6. The number of pyridine rings is 1.